The van der Waals surface area contributed by atoms with Gasteiger partial charge >= 0.3 is 0 Å². The molecule has 0 saturated carbocycles. The van der Waals surface area contributed by atoms with Crippen molar-refractivity contribution in [2.24, 2.45) is 5.73 Å². The number of hydrogen-bond donors (Lipinski definition) is 2. The van der Waals surface area contributed by atoms with Crippen LogP contribution in [0.4, 0.5) is 0 Å². The van der Waals surface area contributed by atoms with E-state index in [4.69, 9.17) is 15.2 Å². The molecule has 1 aromatic rings. The minimum atomic E-state index is -0.463. The Balaban J connectivity index is 2.27. The maximum atomic E-state index is 11.7. The summed E-state index contributed by atoms with van der Waals surface area (Å²) < 4.78 is 10.1. The highest BCUT2D eigenvalue weighted by atomic mass is 16.5. The number of benzene rings is 1. The second-order valence-electron chi connectivity index (χ2n) is 4.63. The van der Waals surface area contributed by atoms with E-state index in [0.717, 1.165) is 24.2 Å². The lowest BCUT2D eigenvalue weighted by atomic mass is 10.1. The quantitative estimate of drug-likeness (QED) is 0.665. The van der Waals surface area contributed by atoms with Crippen LogP contribution < -0.4 is 15.8 Å². The van der Waals surface area contributed by atoms with Crippen molar-refractivity contribution < 1.29 is 14.3 Å². The molecule has 20 heavy (non-hydrogen) atoms. The topological polar surface area (TPSA) is 73.6 Å². The first kappa shape index (κ1) is 16.5. The third kappa shape index (κ3) is 6.04. The van der Waals surface area contributed by atoms with E-state index in [1.54, 1.807) is 14.2 Å². The van der Waals surface area contributed by atoms with Gasteiger partial charge in [-0.3, -0.25) is 4.79 Å². The molecule has 3 N–H and O–H groups in total. The lowest BCUT2D eigenvalue weighted by Gasteiger charge is -2.12. The van der Waals surface area contributed by atoms with Gasteiger partial charge in [-0.1, -0.05) is 12.1 Å². The third-order valence-electron chi connectivity index (χ3n) is 3.05. The van der Waals surface area contributed by atoms with Crippen molar-refractivity contribution in [3.63, 3.8) is 0 Å². The molecule has 1 unspecified atom stereocenters. The highest BCUT2D eigenvalue weighted by molar-refractivity contribution is 5.81. The van der Waals surface area contributed by atoms with Gasteiger partial charge in [-0.2, -0.15) is 0 Å². The molecule has 1 rings (SSSR count). The van der Waals surface area contributed by atoms with Gasteiger partial charge < -0.3 is 20.5 Å². The standard InChI is InChI=1S/C15H24N2O3/c1-19-10-4-7-14(16)15(18)17-9-8-12-5-3-6-13(11-12)20-2/h3,5-6,11,14H,4,7-10,16H2,1-2H3,(H,17,18). The molecule has 0 fully saturated rings. The van der Waals surface area contributed by atoms with Crippen molar-refractivity contribution in [1.29, 1.82) is 0 Å². The fourth-order valence-corrected chi connectivity index (χ4v) is 1.87. The number of carbonyl (C=O) groups is 1. The van der Waals surface area contributed by atoms with Crippen LogP contribution in [0.2, 0.25) is 0 Å². The number of nitrogens with one attached hydrogen (secondary N) is 1. The van der Waals surface area contributed by atoms with E-state index in [0.29, 0.717) is 19.6 Å². The van der Waals surface area contributed by atoms with Gasteiger partial charge in [-0.15, -0.1) is 0 Å². The van der Waals surface area contributed by atoms with Crippen molar-refractivity contribution in [3.8, 4) is 5.75 Å². The van der Waals surface area contributed by atoms with Gasteiger partial charge in [0.15, 0.2) is 0 Å². The number of rotatable bonds is 9. The van der Waals surface area contributed by atoms with E-state index < -0.39 is 6.04 Å². The van der Waals surface area contributed by atoms with Gasteiger partial charge in [0.2, 0.25) is 5.91 Å². The zero-order chi connectivity index (χ0) is 14.8. The summed E-state index contributed by atoms with van der Waals surface area (Å²) in [6.07, 6.45) is 2.19. The van der Waals surface area contributed by atoms with Crippen LogP contribution in [-0.4, -0.2) is 39.3 Å². The fourth-order valence-electron chi connectivity index (χ4n) is 1.87. The summed E-state index contributed by atoms with van der Waals surface area (Å²) in [7, 11) is 3.28. The normalized spacial score (nSPS) is 11.9. The molecule has 5 nitrogen and oxygen atoms in total. The number of ether oxygens (including phenoxy) is 2. The maximum Gasteiger partial charge on any atom is 0.236 e. The van der Waals surface area contributed by atoms with E-state index in [1.807, 2.05) is 24.3 Å². The summed E-state index contributed by atoms with van der Waals surface area (Å²) in [5, 5.41) is 2.85. The molecule has 112 valence electrons. The number of nitrogens with two attached hydrogens (primary N) is 1. The zero-order valence-corrected chi connectivity index (χ0v) is 12.2. The fraction of sp³-hybridized carbons (Fsp3) is 0.533. The predicted octanol–water partition coefficient (Wildman–Crippen LogP) is 1.11. The molecule has 0 aromatic heterocycles. The predicted molar refractivity (Wildman–Crippen MR) is 78.8 cm³/mol. The number of amides is 1. The lowest BCUT2D eigenvalue weighted by molar-refractivity contribution is -0.122. The Hall–Kier alpha value is -1.59. The molecule has 0 radical (unpaired) electrons. The molecular weight excluding hydrogens is 256 g/mol. The van der Waals surface area contributed by atoms with Gasteiger partial charge in [0.05, 0.1) is 13.2 Å². The van der Waals surface area contributed by atoms with Gasteiger partial charge in [-0.05, 0) is 37.0 Å². The number of carbonyl (C=O) groups excluding carboxylic acids is 1. The van der Waals surface area contributed by atoms with Crippen LogP contribution in [0.25, 0.3) is 0 Å². The van der Waals surface area contributed by atoms with Crippen LogP contribution in [-0.2, 0) is 16.0 Å². The average Bonchev–Trinajstić information content (AvgIpc) is 2.47. The molecule has 1 atom stereocenters. The van der Waals surface area contributed by atoms with Gasteiger partial charge in [0, 0.05) is 20.3 Å². The van der Waals surface area contributed by atoms with E-state index >= 15 is 0 Å². The van der Waals surface area contributed by atoms with Crippen LogP contribution in [0.5, 0.6) is 5.75 Å². The Morgan fingerprint density at radius 3 is 2.90 bits per heavy atom. The number of hydrogen-bond acceptors (Lipinski definition) is 4. The van der Waals surface area contributed by atoms with Crippen LogP contribution in [0.1, 0.15) is 18.4 Å². The van der Waals surface area contributed by atoms with Crippen LogP contribution in [0.3, 0.4) is 0 Å². The molecular formula is C15H24N2O3. The largest absolute Gasteiger partial charge is 0.497 e. The Labute approximate surface area is 120 Å². The van der Waals surface area contributed by atoms with Crippen molar-refractivity contribution in [1.82, 2.24) is 5.32 Å². The summed E-state index contributed by atoms with van der Waals surface area (Å²) >= 11 is 0. The van der Waals surface area contributed by atoms with Crippen molar-refractivity contribution in [2.75, 3.05) is 27.4 Å². The van der Waals surface area contributed by atoms with Gasteiger partial charge in [0.25, 0.3) is 0 Å². The van der Waals surface area contributed by atoms with Crippen molar-refractivity contribution in [2.45, 2.75) is 25.3 Å². The first-order chi connectivity index (χ1) is 9.67. The molecule has 0 bridgehead atoms. The minimum Gasteiger partial charge on any atom is -0.497 e. The molecule has 0 aliphatic rings. The second-order valence-corrected chi connectivity index (χ2v) is 4.63. The summed E-state index contributed by atoms with van der Waals surface area (Å²) in [5.74, 6) is 0.717. The SMILES string of the molecule is COCCCC(N)C(=O)NCCc1cccc(OC)c1. The maximum absolute atomic E-state index is 11.7. The molecule has 0 aliphatic carbocycles. The van der Waals surface area contributed by atoms with E-state index in [-0.39, 0.29) is 5.91 Å². The summed E-state index contributed by atoms with van der Waals surface area (Å²) in [6.45, 7) is 1.20. The highest BCUT2D eigenvalue weighted by Gasteiger charge is 2.12. The third-order valence-corrected chi connectivity index (χ3v) is 3.05. The van der Waals surface area contributed by atoms with Crippen LogP contribution in [0.15, 0.2) is 24.3 Å². The summed E-state index contributed by atoms with van der Waals surface area (Å²) in [5.41, 5.74) is 6.92. The molecule has 1 amide bonds. The highest BCUT2D eigenvalue weighted by Crippen LogP contribution is 2.12. The zero-order valence-electron chi connectivity index (χ0n) is 12.2. The molecule has 1 aromatic carbocycles. The molecule has 0 saturated heterocycles. The van der Waals surface area contributed by atoms with Crippen molar-refractivity contribution >= 4 is 5.91 Å². The summed E-state index contributed by atoms with van der Waals surface area (Å²) in [4.78, 5) is 11.7. The monoisotopic (exact) mass is 280 g/mol. The lowest BCUT2D eigenvalue weighted by Crippen LogP contribution is -2.41. The van der Waals surface area contributed by atoms with Crippen LogP contribution in [0, 0.1) is 0 Å². The molecule has 0 heterocycles. The molecule has 5 heteroatoms. The van der Waals surface area contributed by atoms with Crippen LogP contribution >= 0.6 is 0 Å². The number of methoxy groups -OCH3 is 2. The van der Waals surface area contributed by atoms with Crippen molar-refractivity contribution in [3.05, 3.63) is 29.8 Å². The van der Waals surface area contributed by atoms with E-state index in [9.17, 15) is 4.79 Å². The summed E-state index contributed by atoms with van der Waals surface area (Å²) in [6, 6.07) is 7.34. The Kier molecular flexibility index (Phi) is 7.69. The Morgan fingerprint density at radius 2 is 2.20 bits per heavy atom. The Bertz CT molecular complexity index is 410. The molecule has 0 aliphatic heterocycles. The second kappa shape index (κ2) is 9.34. The average molecular weight is 280 g/mol. The first-order valence-electron chi connectivity index (χ1n) is 6.82. The van der Waals surface area contributed by atoms with E-state index in [2.05, 4.69) is 5.32 Å². The minimum absolute atomic E-state index is 0.107. The van der Waals surface area contributed by atoms with E-state index in [1.165, 1.54) is 0 Å². The van der Waals surface area contributed by atoms with Gasteiger partial charge in [-0.25, -0.2) is 0 Å². The Morgan fingerprint density at radius 1 is 1.40 bits per heavy atom. The smallest absolute Gasteiger partial charge is 0.236 e. The first-order valence-corrected chi connectivity index (χ1v) is 6.82. The van der Waals surface area contributed by atoms with Gasteiger partial charge in [0.1, 0.15) is 5.75 Å². The molecule has 0 spiro atoms.